The van der Waals surface area contributed by atoms with Gasteiger partial charge in [-0.3, -0.25) is 9.59 Å². The maximum absolute atomic E-state index is 12.6. The molecule has 3 rings (SSSR count). The van der Waals surface area contributed by atoms with E-state index >= 15 is 0 Å². The molecular formula is C25H29F3N2O4. The Morgan fingerprint density at radius 3 is 2.06 bits per heavy atom. The van der Waals surface area contributed by atoms with Crippen molar-refractivity contribution in [1.82, 2.24) is 5.32 Å². The topological polar surface area (TPSA) is 95.5 Å². The van der Waals surface area contributed by atoms with Gasteiger partial charge >= 0.3 is 12.1 Å². The second-order valence-corrected chi connectivity index (χ2v) is 8.67. The average Bonchev–Trinajstić information content (AvgIpc) is 3.56. The zero-order valence-electron chi connectivity index (χ0n) is 19.3. The van der Waals surface area contributed by atoms with Crippen molar-refractivity contribution in [3.05, 3.63) is 65.2 Å². The molecular weight excluding hydrogens is 449 g/mol. The van der Waals surface area contributed by atoms with Crippen LogP contribution < -0.4 is 10.6 Å². The van der Waals surface area contributed by atoms with Crippen LogP contribution in [-0.2, 0) is 15.0 Å². The first-order chi connectivity index (χ1) is 15.9. The van der Waals surface area contributed by atoms with Gasteiger partial charge in [0.25, 0.3) is 5.91 Å². The second kappa shape index (κ2) is 11.2. The highest BCUT2D eigenvalue weighted by atomic mass is 19.4. The number of carbonyl (C=O) groups excluding carboxylic acids is 2. The van der Waals surface area contributed by atoms with Gasteiger partial charge in [0.05, 0.1) is 5.41 Å². The van der Waals surface area contributed by atoms with Crippen LogP contribution in [0.3, 0.4) is 0 Å². The number of carbonyl (C=O) groups is 3. The molecule has 0 aliphatic heterocycles. The Hall–Kier alpha value is -3.36. The van der Waals surface area contributed by atoms with Crippen molar-refractivity contribution in [2.45, 2.75) is 51.6 Å². The van der Waals surface area contributed by atoms with Gasteiger partial charge in [-0.1, -0.05) is 44.2 Å². The molecule has 2 aromatic carbocycles. The Morgan fingerprint density at radius 2 is 1.59 bits per heavy atom. The molecule has 1 saturated carbocycles. The Kier molecular flexibility index (Phi) is 8.84. The fraction of sp³-hybridized carbons (Fsp3) is 0.400. The van der Waals surface area contributed by atoms with Gasteiger partial charge < -0.3 is 15.7 Å². The molecule has 34 heavy (non-hydrogen) atoms. The first kappa shape index (κ1) is 26.9. The molecule has 184 valence electrons. The number of alkyl halides is 3. The van der Waals surface area contributed by atoms with Gasteiger partial charge in [-0.05, 0) is 61.4 Å². The fourth-order valence-corrected chi connectivity index (χ4v) is 3.31. The van der Waals surface area contributed by atoms with Gasteiger partial charge in [0.1, 0.15) is 0 Å². The molecule has 3 N–H and O–H groups in total. The van der Waals surface area contributed by atoms with E-state index in [2.05, 4.69) is 24.5 Å². The summed E-state index contributed by atoms with van der Waals surface area (Å²) in [7, 11) is 0. The Bertz CT molecular complexity index is 1010. The van der Waals surface area contributed by atoms with E-state index in [-0.39, 0.29) is 17.2 Å². The monoisotopic (exact) mass is 478 g/mol. The van der Waals surface area contributed by atoms with E-state index in [1.165, 1.54) is 0 Å². The minimum absolute atomic E-state index is 0.117. The van der Waals surface area contributed by atoms with Crippen LogP contribution in [-0.4, -0.2) is 35.6 Å². The van der Waals surface area contributed by atoms with Gasteiger partial charge in [0.2, 0.25) is 5.91 Å². The number of aliphatic carboxylic acids is 1. The highest BCUT2D eigenvalue weighted by Crippen LogP contribution is 2.48. The van der Waals surface area contributed by atoms with Gasteiger partial charge in [-0.25, -0.2) is 4.79 Å². The van der Waals surface area contributed by atoms with Crippen LogP contribution in [0.2, 0.25) is 0 Å². The molecule has 0 radical (unpaired) electrons. The maximum atomic E-state index is 12.6. The first-order valence-corrected chi connectivity index (χ1v) is 10.9. The van der Waals surface area contributed by atoms with Crippen molar-refractivity contribution >= 4 is 23.5 Å². The van der Waals surface area contributed by atoms with Crippen LogP contribution in [0.1, 0.15) is 54.6 Å². The number of carboxylic acid groups (broad SMARTS) is 1. The lowest BCUT2D eigenvalue weighted by Crippen LogP contribution is -2.35. The molecule has 0 unspecified atom stereocenters. The SMILES string of the molecule is Cc1ccccc1C(=O)Nc1ccc(C2(C(=O)NCCC(C)C)CC2)cc1.O=C(O)C(F)(F)F. The molecule has 9 heteroatoms. The summed E-state index contributed by atoms with van der Waals surface area (Å²) in [5, 5.41) is 13.1. The molecule has 0 aromatic heterocycles. The van der Waals surface area contributed by atoms with Gasteiger partial charge in [0, 0.05) is 17.8 Å². The van der Waals surface area contributed by atoms with Crippen molar-refractivity contribution in [3.8, 4) is 0 Å². The first-order valence-electron chi connectivity index (χ1n) is 10.9. The summed E-state index contributed by atoms with van der Waals surface area (Å²) in [6.07, 6.45) is -2.32. The average molecular weight is 479 g/mol. The van der Waals surface area contributed by atoms with E-state index in [4.69, 9.17) is 9.90 Å². The van der Waals surface area contributed by atoms with Gasteiger partial charge in [0.15, 0.2) is 0 Å². The molecule has 0 heterocycles. The van der Waals surface area contributed by atoms with Crippen LogP contribution in [0.4, 0.5) is 18.9 Å². The molecule has 0 spiro atoms. The summed E-state index contributed by atoms with van der Waals surface area (Å²) >= 11 is 0. The number of benzene rings is 2. The Labute approximate surface area is 196 Å². The van der Waals surface area contributed by atoms with E-state index in [1.807, 2.05) is 55.5 Å². The number of aryl methyl sites for hydroxylation is 1. The van der Waals surface area contributed by atoms with Crippen LogP contribution >= 0.6 is 0 Å². The molecule has 1 fully saturated rings. The molecule has 2 aromatic rings. The predicted octanol–water partition coefficient (Wildman–Crippen LogP) is 5.07. The third kappa shape index (κ3) is 7.33. The third-order valence-corrected chi connectivity index (χ3v) is 5.52. The van der Waals surface area contributed by atoms with Crippen molar-refractivity contribution < 1.29 is 32.7 Å². The quantitative estimate of drug-likeness (QED) is 0.518. The summed E-state index contributed by atoms with van der Waals surface area (Å²) < 4.78 is 31.7. The maximum Gasteiger partial charge on any atom is 0.490 e. The summed E-state index contributed by atoms with van der Waals surface area (Å²) in [5.41, 5.74) is 3.00. The van der Waals surface area contributed by atoms with Crippen LogP contribution in [0.15, 0.2) is 48.5 Å². The van der Waals surface area contributed by atoms with Crippen molar-refractivity contribution in [1.29, 1.82) is 0 Å². The van der Waals surface area contributed by atoms with Crippen LogP contribution in [0, 0.1) is 12.8 Å². The number of anilines is 1. The number of amides is 2. The number of hydrogen-bond donors (Lipinski definition) is 3. The molecule has 1 aliphatic rings. The Morgan fingerprint density at radius 1 is 1.03 bits per heavy atom. The van der Waals surface area contributed by atoms with E-state index in [0.717, 1.165) is 42.6 Å². The smallest absolute Gasteiger partial charge is 0.475 e. The summed E-state index contributed by atoms with van der Waals surface area (Å²) in [5.74, 6) is -2.17. The molecule has 2 amide bonds. The highest BCUT2D eigenvalue weighted by Gasteiger charge is 2.51. The van der Waals surface area contributed by atoms with Crippen molar-refractivity contribution in [2.75, 3.05) is 11.9 Å². The van der Waals surface area contributed by atoms with Crippen LogP contribution in [0.5, 0.6) is 0 Å². The van der Waals surface area contributed by atoms with E-state index in [1.54, 1.807) is 0 Å². The zero-order valence-corrected chi connectivity index (χ0v) is 19.3. The molecule has 1 aliphatic carbocycles. The highest BCUT2D eigenvalue weighted by molar-refractivity contribution is 6.05. The molecule has 0 atom stereocenters. The zero-order chi connectivity index (χ0) is 25.5. The minimum atomic E-state index is -5.08. The number of carboxylic acids is 1. The predicted molar refractivity (Wildman–Crippen MR) is 123 cm³/mol. The lowest BCUT2D eigenvalue weighted by molar-refractivity contribution is -0.192. The molecule has 0 saturated heterocycles. The van der Waals surface area contributed by atoms with Gasteiger partial charge in [-0.15, -0.1) is 0 Å². The van der Waals surface area contributed by atoms with Crippen molar-refractivity contribution in [2.24, 2.45) is 5.92 Å². The number of hydrogen-bond acceptors (Lipinski definition) is 3. The van der Waals surface area contributed by atoms with Crippen LogP contribution in [0.25, 0.3) is 0 Å². The fourth-order valence-electron chi connectivity index (χ4n) is 3.31. The number of nitrogens with one attached hydrogen (secondary N) is 2. The van der Waals surface area contributed by atoms with Crippen molar-refractivity contribution in [3.63, 3.8) is 0 Å². The van der Waals surface area contributed by atoms with Gasteiger partial charge in [-0.2, -0.15) is 13.2 Å². The lowest BCUT2D eigenvalue weighted by Gasteiger charge is -2.17. The van der Waals surface area contributed by atoms with E-state index in [0.29, 0.717) is 11.5 Å². The van der Waals surface area contributed by atoms with E-state index in [9.17, 15) is 22.8 Å². The third-order valence-electron chi connectivity index (χ3n) is 5.52. The Balaban J connectivity index is 0.000000509. The largest absolute Gasteiger partial charge is 0.490 e. The van der Waals surface area contributed by atoms with E-state index < -0.39 is 12.1 Å². The summed E-state index contributed by atoms with van der Waals surface area (Å²) in [6.45, 7) is 6.96. The molecule has 0 bridgehead atoms. The summed E-state index contributed by atoms with van der Waals surface area (Å²) in [4.78, 5) is 33.9. The standard InChI is InChI=1S/C23H28N2O2.C2HF3O2/c1-16(2)12-15-24-22(27)23(13-14-23)18-8-10-19(11-9-18)25-21(26)20-7-5-4-6-17(20)3;3-2(4,5)1(6)7/h4-11,16H,12-15H2,1-3H3,(H,24,27)(H,25,26);(H,6,7). The number of rotatable bonds is 7. The second-order valence-electron chi connectivity index (χ2n) is 8.67. The summed E-state index contributed by atoms with van der Waals surface area (Å²) in [6, 6.07) is 15.2. The minimum Gasteiger partial charge on any atom is -0.475 e. The normalized spacial score (nSPS) is 14.0. The lowest BCUT2D eigenvalue weighted by atomic mass is 9.94. The molecule has 6 nitrogen and oxygen atoms in total. The number of halogens is 3.